The summed E-state index contributed by atoms with van der Waals surface area (Å²) in [6, 6.07) is 90.3. The Balaban J connectivity index is 0.000000170. The van der Waals surface area contributed by atoms with E-state index in [1.807, 2.05) is 166 Å². The molecule has 16 nitrogen and oxygen atoms in total. The number of para-hydroxylation sites is 3. The normalized spacial score (nSPS) is 10.5. The van der Waals surface area contributed by atoms with Crippen molar-refractivity contribution in [3.8, 4) is 28.9 Å². The van der Waals surface area contributed by atoms with E-state index in [0.29, 0.717) is 51.8 Å². The highest BCUT2D eigenvalue weighted by atomic mass is 32.1. The molecular weight excluding hydrogens is 1400 g/mol. The summed E-state index contributed by atoms with van der Waals surface area (Å²) in [6.45, 7) is 13.8. The molecule has 4 aromatic heterocycles. The summed E-state index contributed by atoms with van der Waals surface area (Å²) in [6.07, 6.45) is 16.0. The molecule has 0 aliphatic heterocycles. The Kier molecular flexibility index (Phi) is 35.5. The fourth-order valence-corrected chi connectivity index (χ4v) is 12.7. The Morgan fingerprint density at radius 3 is 1.13 bits per heavy atom. The van der Waals surface area contributed by atoms with E-state index in [4.69, 9.17) is 28.8 Å². The molecule has 0 saturated carbocycles. The molecule has 111 heavy (non-hydrogen) atoms. The number of aromatic nitrogens is 4. The highest BCUT2D eigenvalue weighted by molar-refractivity contribution is 7.13. The number of aryl methyl sites for hydroxylation is 5. The molecule has 0 unspecified atom stereocenters. The monoisotopic (exact) mass is 1510 g/mol. The Labute approximate surface area is 662 Å². The number of rotatable bonds is 39. The van der Waals surface area contributed by atoms with Crippen molar-refractivity contribution in [2.24, 2.45) is 0 Å². The number of anilines is 9. The Morgan fingerprint density at radius 2 is 0.748 bits per heavy atom. The molecule has 0 atom stereocenters. The number of hydrogen-bond donors (Lipinski definition) is 1. The summed E-state index contributed by atoms with van der Waals surface area (Å²) >= 11 is 1.60. The lowest BCUT2D eigenvalue weighted by atomic mass is 10.1. The van der Waals surface area contributed by atoms with E-state index in [9.17, 15) is 4.79 Å². The molecule has 12 rings (SSSR count). The van der Waals surface area contributed by atoms with Crippen molar-refractivity contribution in [2.75, 3.05) is 98.3 Å². The van der Waals surface area contributed by atoms with Gasteiger partial charge in [0.1, 0.15) is 66.9 Å². The van der Waals surface area contributed by atoms with Crippen LogP contribution < -0.4 is 48.2 Å². The van der Waals surface area contributed by atoms with E-state index >= 15 is 0 Å². The summed E-state index contributed by atoms with van der Waals surface area (Å²) in [5.41, 5.74) is 11.8. The molecule has 0 aliphatic carbocycles. The average Bonchev–Trinajstić information content (AvgIpc) is 1.25. The summed E-state index contributed by atoms with van der Waals surface area (Å²) in [7, 11) is 5.73. The minimum absolute atomic E-state index is 0.199. The molecule has 0 spiro atoms. The van der Waals surface area contributed by atoms with Gasteiger partial charge in [-0.15, -0.1) is 11.3 Å². The van der Waals surface area contributed by atoms with Gasteiger partial charge in [-0.05, 0) is 220 Å². The molecule has 0 saturated heterocycles. The third kappa shape index (κ3) is 29.0. The van der Waals surface area contributed by atoms with E-state index in [1.54, 1.807) is 24.6 Å². The van der Waals surface area contributed by atoms with Crippen molar-refractivity contribution in [1.29, 1.82) is 0 Å². The van der Waals surface area contributed by atoms with Crippen LogP contribution in [0.1, 0.15) is 100 Å². The highest BCUT2D eigenvalue weighted by Gasteiger charge is 2.17. The molecule has 12 aromatic rings. The first-order valence-corrected chi connectivity index (χ1v) is 39.7. The van der Waals surface area contributed by atoms with Crippen LogP contribution in [0.4, 0.5) is 51.0 Å². The standard InChI is InChI=1S/C25H31N3O.C24H28N2O2.C24H28N2O.C21H22N2O3S/c1-4-5-8-21-10-16-24(17-11-21)29-20-19-28(25-9-6-7-18-26-25)23-14-12-22(13-15-23)27(2)3;1-3-4-9-20-14-16-22(17-15-20)28-19-18-26(21-10-6-5-7-11-21)23-12-8-13-24(25-23)27-2;1-3-4-10-21-14-16-23(17-15-21)27-19-18-26(22-11-6-5-7-12-22)24-13-8-9-20(2)25-24;24-20(25)8-4-5-17-9-11-19(12-10-17)26-15-14-23(21-22-13-16-27-21)18-6-2-1-3-7-18/h6-7,9-18H,4-5,8,19-20H2,1-3H3;5-8,10-17H,3-4,9,18-19H2,1-2H3;5-9,11-17H,3-4,10,18-19H2,1-2H3;1-3,6-7,9-13,16H,4-5,8,14-15H2,(H,24,25). The lowest BCUT2D eigenvalue weighted by Gasteiger charge is -2.24. The van der Waals surface area contributed by atoms with Crippen LogP contribution in [0.3, 0.4) is 0 Å². The zero-order valence-electron chi connectivity index (χ0n) is 65.6. The number of nitrogens with zero attached hydrogens (tertiary/aromatic N) is 9. The predicted octanol–water partition coefficient (Wildman–Crippen LogP) is 22.1. The molecule has 0 fully saturated rings. The number of methoxy groups -OCH3 is 1. The van der Waals surface area contributed by atoms with Crippen LogP contribution in [0.15, 0.2) is 285 Å². The van der Waals surface area contributed by atoms with Gasteiger partial charge in [-0.3, -0.25) is 4.79 Å². The van der Waals surface area contributed by atoms with Gasteiger partial charge in [0.05, 0.1) is 33.3 Å². The van der Waals surface area contributed by atoms with Gasteiger partial charge in [-0.25, -0.2) is 15.0 Å². The molecule has 0 radical (unpaired) electrons. The number of aliphatic carboxylic acids is 1. The van der Waals surface area contributed by atoms with Crippen LogP contribution in [0, 0.1) is 6.92 Å². The van der Waals surface area contributed by atoms with E-state index in [-0.39, 0.29) is 6.42 Å². The highest BCUT2D eigenvalue weighted by Crippen LogP contribution is 2.31. The number of carbonyl (C=O) groups is 1. The van der Waals surface area contributed by atoms with E-state index in [0.717, 1.165) is 118 Å². The van der Waals surface area contributed by atoms with Crippen LogP contribution in [0.2, 0.25) is 0 Å². The van der Waals surface area contributed by atoms with E-state index in [1.165, 1.54) is 60.9 Å². The Bertz CT molecular complexity index is 4480. The van der Waals surface area contributed by atoms with Crippen LogP contribution in [-0.4, -0.2) is 105 Å². The zero-order chi connectivity index (χ0) is 77.9. The van der Waals surface area contributed by atoms with Crippen LogP contribution >= 0.6 is 11.3 Å². The quantitative estimate of drug-likeness (QED) is 0.0389. The largest absolute Gasteiger partial charge is 0.492 e. The van der Waals surface area contributed by atoms with Gasteiger partial charge in [-0.2, -0.15) is 4.98 Å². The third-order valence-electron chi connectivity index (χ3n) is 18.1. The Morgan fingerprint density at radius 1 is 0.378 bits per heavy atom. The maximum absolute atomic E-state index is 10.6. The number of pyridine rings is 3. The number of ether oxygens (including phenoxy) is 5. The summed E-state index contributed by atoms with van der Waals surface area (Å²) in [5.74, 6) is 6.08. The van der Waals surface area contributed by atoms with Gasteiger partial charge in [0.15, 0.2) is 5.13 Å². The summed E-state index contributed by atoms with van der Waals surface area (Å²) in [5, 5.41) is 11.6. The smallest absolute Gasteiger partial charge is 0.303 e. The van der Waals surface area contributed by atoms with Crippen LogP contribution in [0.5, 0.6) is 28.9 Å². The number of carboxylic acids is 1. The Hall–Kier alpha value is -11.7. The van der Waals surface area contributed by atoms with E-state index in [2.05, 4.69) is 199 Å². The fraction of sp³-hybridized carbons (Fsp3) is 0.287. The lowest BCUT2D eigenvalue weighted by Crippen LogP contribution is -2.24. The molecule has 0 amide bonds. The molecule has 17 heteroatoms. The maximum atomic E-state index is 10.6. The predicted molar refractivity (Wildman–Crippen MR) is 458 cm³/mol. The van der Waals surface area contributed by atoms with Crippen molar-refractivity contribution < 1.29 is 33.6 Å². The minimum atomic E-state index is -0.752. The zero-order valence-corrected chi connectivity index (χ0v) is 66.4. The number of unbranched alkanes of at least 4 members (excludes halogenated alkanes) is 3. The first-order chi connectivity index (χ1) is 54.4. The van der Waals surface area contributed by atoms with Gasteiger partial charge in [-0.1, -0.05) is 161 Å². The minimum Gasteiger partial charge on any atom is -0.492 e. The molecule has 0 bridgehead atoms. The fourth-order valence-electron chi connectivity index (χ4n) is 12.0. The first-order valence-electron chi connectivity index (χ1n) is 38.8. The second-order valence-electron chi connectivity index (χ2n) is 26.7. The topological polar surface area (TPSA) is 151 Å². The SMILES string of the molecule is CCCCc1ccc(OCCN(c2ccc(N(C)C)cc2)c2ccccn2)cc1.CCCCc1ccc(OCCN(c2ccccc2)c2cccc(C)n2)cc1.CCCCc1ccc(OCCN(c2ccccc2)c2cccc(OC)n2)cc1.O=C(O)CCCc1ccc(OCCN(c2ccccc2)c2nccs2)cc1. The number of thiazole rings is 1. The molecule has 0 aliphatic rings. The van der Waals surface area contributed by atoms with Crippen molar-refractivity contribution in [2.45, 2.75) is 105 Å². The number of benzene rings is 8. The van der Waals surface area contributed by atoms with Crippen LogP contribution in [0.25, 0.3) is 0 Å². The average molecular weight is 1510 g/mol. The molecular formula is C94H109N9O7S. The molecule has 1 N–H and O–H groups in total. The second kappa shape index (κ2) is 47.3. The summed E-state index contributed by atoms with van der Waals surface area (Å²) < 4.78 is 29.2. The van der Waals surface area contributed by atoms with Gasteiger partial charge in [0.25, 0.3) is 0 Å². The second-order valence-corrected chi connectivity index (χ2v) is 27.6. The van der Waals surface area contributed by atoms with Crippen molar-refractivity contribution in [3.05, 3.63) is 313 Å². The van der Waals surface area contributed by atoms with Gasteiger partial charge < -0.3 is 53.3 Å². The van der Waals surface area contributed by atoms with Gasteiger partial charge in [0, 0.05) is 78.5 Å². The van der Waals surface area contributed by atoms with Crippen molar-refractivity contribution >= 4 is 68.3 Å². The first kappa shape index (κ1) is 83.4. The maximum Gasteiger partial charge on any atom is 0.303 e. The van der Waals surface area contributed by atoms with Crippen molar-refractivity contribution in [1.82, 2.24) is 19.9 Å². The third-order valence-corrected chi connectivity index (χ3v) is 18.9. The van der Waals surface area contributed by atoms with Crippen molar-refractivity contribution in [3.63, 3.8) is 0 Å². The van der Waals surface area contributed by atoms with Crippen LogP contribution in [-0.2, 0) is 30.5 Å². The van der Waals surface area contributed by atoms with Gasteiger partial charge in [0.2, 0.25) is 5.88 Å². The number of carboxylic acid groups (broad SMARTS) is 1. The van der Waals surface area contributed by atoms with E-state index < -0.39 is 5.97 Å². The van der Waals surface area contributed by atoms with Gasteiger partial charge >= 0.3 is 5.97 Å². The number of hydrogen-bond acceptors (Lipinski definition) is 16. The lowest BCUT2D eigenvalue weighted by molar-refractivity contribution is -0.137. The molecule has 4 heterocycles. The molecule has 578 valence electrons. The molecule has 8 aromatic carbocycles. The summed E-state index contributed by atoms with van der Waals surface area (Å²) in [4.78, 5) is 39.6.